The van der Waals surface area contributed by atoms with Gasteiger partial charge < -0.3 is 0 Å². The third kappa shape index (κ3) is 3.00. The Morgan fingerprint density at radius 3 is 1.94 bits per heavy atom. The summed E-state index contributed by atoms with van der Waals surface area (Å²) in [6.07, 6.45) is 0. The van der Waals surface area contributed by atoms with Crippen LogP contribution in [0.3, 0.4) is 0 Å². The Balaban J connectivity index is 1.70. The van der Waals surface area contributed by atoms with Crippen LogP contribution in [0.25, 0.3) is 54.6 Å². The molecule has 0 bridgehead atoms. The van der Waals surface area contributed by atoms with E-state index in [2.05, 4.69) is 103 Å². The minimum Gasteiger partial charge on any atom is -0.0836 e. The monoisotopic (exact) mass is 414 g/mol. The molecule has 0 amide bonds. The highest BCUT2D eigenvalue weighted by molar-refractivity contribution is 6.35. The van der Waals surface area contributed by atoms with E-state index >= 15 is 0 Å². The molecule has 146 valence electrons. The minimum absolute atomic E-state index is 0.770. The number of fused-ring (bicyclic) bond motifs is 4. The highest BCUT2D eigenvalue weighted by atomic mass is 35.5. The van der Waals surface area contributed by atoms with Crippen LogP contribution in [-0.2, 0) is 0 Å². The maximum absolute atomic E-state index is 6.88. The Morgan fingerprint density at radius 1 is 0.419 bits per heavy atom. The number of benzene rings is 6. The zero-order valence-corrected chi connectivity index (χ0v) is 17.6. The van der Waals surface area contributed by atoms with Crippen LogP contribution in [0.2, 0.25) is 5.02 Å². The van der Waals surface area contributed by atoms with Crippen molar-refractivity contribution in [2.24, 2.45) is 0 Å². The molecule has 1 heteroatoms. The lowest BCUT2D eigenvalue weighted by atomic mass is 9.88. The average Bonchev–Trinajstić information content (AvgIpc) is 2.83. The van der Waals surface area contributed by atoms with E-state index < -0.39 is 0 Å². The van der Waals surface area contributed by atoms with Gasteiger partial charge in [0.15, 0.2) is 0 Å². The van der Waals surface area contributed by atoms with Crippen LogP contribution >= 0.6 is 11.6 Å². The summed E-state index contributed by atoms with van der Waals surface area (Å²) in [6, 6.07) is 40.8. The highest BCUT2D eigenvalue weighted by Crippen LogP contribution is 2.43. The molecule has 0 aliphatic rings. The van der Waals surface area contributed by atoms with Gasteiger partial charge in [-0.15, -0.1) is 0 Å². The van der Waals surface area contributed by atoms with Crippen molar-refractivity contribution in [3.05, 3.63) is 120 Å². The molecule has 0 N–H and O–H groups in total. The second kappa shape index (κ2) is 7.27. The summed E-state index contributed by atoms with van der Waals surface area (Å²) in [4.78, 5) is 0. The lowest BCUT2D eigenvalue weighted by molar-refractivity contribution is 1.62. The summed E-state index contributed by atoms with van der Waals surface area (Å²) in [5, 5.41) is 8.20. The summed E-state index contributed by atoms with van der Waals surface area (Å²) in [5.74, 6) is 0. The van der Waals surface area contributed by atoms with Crippen molar-refractivity contribution in [2.45, 2.75) is 0 Å². The first kappa shape index (κ1) is 18.2. The Bertz CT molecular complexity index is 1590. The first-order valence-corrected chi connectivity index (χ1v) is 10.9. The van der Waals surface area contributed by atoms with Crippen LogP contribution in [0.4, 0.5) is 0 Å². The minimum atomic E-state index is 0.770. The average molecular weight is 415 g/mol. The highest BCUT2D eigenvalue weighted by Gasteiger charge is 2.16. The van der Waals surface area contributed by atoms with Crippen molar-refractivity contribution in [1.29, 1.82) is 0 Å². The summed E-state index contributed by atoms with van der Waals surface area (Å²) in [5.41, 5.74) is 4.58. The van der Waals surface area contributed by atoms with Crippen LogP contribution in [0, 0.1) is 0 Å². The van der Waals surface area contributed by atoms with Gasteiger partial charge in [-0.25, -0.2) is 0 Å². The zero-order valence-electron chi connectivity index (χ0n) is 16.8. The Kier molecular flexibility index (Phi) is 4.26. The molecule has 0 radical (unpaired) electrons. The van der Waals surface area contributed by atoms with Crippen molar-refractivity contribution >= 4 is 43.9 Å². The number of hydrogen-bond acceptors (Lipinski definition) is 0. The molecule has 0 unspecified atom stereocenters. The number of hydrogen-bond donors (Lipinski definition) is 0. The lowest BCUT2D eigenvalue weighted by Crippen LogP contribution is -1.90. The van der Waals surface area contributed by atoms with Gasteiger partial charge in [-0.05, 0) is 67.2 Å². The molecule has 0 aliphatic carbocycles. The Hall–Kier alpha value is -3.61. The second-order valence-corrected chi connectivity index (χ2v) is 8.32. The predicted octanol–water partition coefficient (Wildman–Crippen LogP) is 9.13. The van der Waals surface area contributed by atoms with Gasteiger partial charge in [0.2, 0.25) is 0 Å². The van der Waals surface area contributed by atoms with Crippen molar-refractivity contribution < 1.29 is 0 Å². The second-order valence-electron chi connectivity index (χ2n) is 7.92. The molecule has 0 fully saturated rings. The molecule has 0 aliphatic heterocycles. The Labute approximate surface area is 186 Å². The van der Waals surface area contributed by atoms with Crippen molar-refractivity contribution in [1.82, 2.24) is 0 Å². The molecule has 6 aromatic carbocycles. The summed E-state index contributed by atoms with van der Waals surface area (Å²) in [7, 11) is 0. The van der Waals surface area contributed by atoms with Crippen LogP contribution in [0.5, 0.6) is 0 Å². The van der Waals surface area contributed by atoms with Crippen molar-refractivity contribution in [3.63, 3.8) is 0 Å². The summed E-state index contributed by atoms with van der Waals surface area (Å²) >= 11 is 6.88. The van der Waals surface area contributed by atoms with Gasteiger partial charge in [-0.3, -0.25) is 0 Å². The molecule has 0 nitrogen and oxygen atoms in total. The molecule has 0 spiro atoms. The predicted molar refractivity (Wildman–Crippen MR) is 135 cm³/mol. The molecule has 6 aromatic rings. The van der Waals surface area contributed by atoms with E-state index in [1.54, 1.807) is 0 Å². The van der Waals surface area contributed by atoms with Crippen molar-refractivity contribution in [3.8, 4) is 22.3 Å². The van der Waals surface area contributed by atoms with Gasteiger partial charge in [0, 0.05) is 10.6 Å². The van der Waals surface area contributed by atoms with Gasteiger partial charge in [0.1, 0.15) is 0 Å². The van der Waals surface area contributed by atoms with E-state index in [0.29, 0.717) is 0 Å². The van der Waals surface area contributed by atoms with Gasteiger partial charge in [-0.2, -0.15) is 0 Å². The van der Waals surface area contributed by atoms with Gasteiger partial charge >= 0.3 is 0 Å². The van der Waals surface area contributed by atoms with E-state index in [9.17, 15) is 0 Å². The molecular formula is C30H19Cl. The SMILES string of the molecule is Clc1cccc(-c2ccc3ccccc3c2)c1-c1cc2ccccc2c2ccccc12. The zero-order chi connectivity index (χ0) is 20.8. The quantitative estimate of drug-likeness (QED) is 0.248. The summed E-state index contributed by atoms with van der Waals surface area (Å²) in [6.45, 7) is 0. The number of rotatable bonds is 2. The van der Waals surface area contributed by atoms with E-state index in [0.717, 1.165) is 16.1 Å². The number of halogens is 1. The first-order chi connectivity index (χ1) is 15.3. The molecule has 0 atom stereocenters. The van der Waals surface area contributed by atoms with Crippen LogP contribution in [-0.4, -0.2) is 0 Å². The fourth-order valence-corrected chi connectivity index (χ4v) is 4.93. The normalized spacial score (nSPS) is 11.4. The fourth-order valence-electron chi connectivity index (χ4n) is 4.66. The van der Waals surface area contributed by atoms with E-state index in [-0.39, 0.29) is 0 Å². The summed E-state index contributed by atoms with van der Waals surface area (Å²) < 4.78 is 0. The molecule has 0 heterocycles. The first-order valence-electron chi connectivity index (χ1n) is 10.5. The van der Waals surface area contributed by atoms with Gasteiger partial charge in [0.25, 0.3) is 0 Å². The van der Waals surface area contributed by atoms with E-state index in [4.69, 9.17) is 11.6 Å². The van der Waals surface area contributed by atoms with Gasteiger partial charge in [-0.1, -0.05) is 109 Å². The third-order valence-corrected chi connectivity index (χ3v) is 6.43. The molecule has 0 saturated carbocycles. The van der Waals surface area contributed by atoms with Crippen LogP contribution in [0.15, 0.2) is 115 Å². The molecular weight excluding hydrogens is 396 g/mol. The van der Waals surface area contributed by atoms with Crippen LogP contribution in [0.1, 0.15) is 0 Å². The van der Waals surface area contributed by atoms with Crippen LogP contribution < -0.4 is 0 Å². The molecule has 31 heavy (non-hydrogen) atoms. The van der Waals surface area contributed by atoms with E-state index in [1.165, 1.54) is 43.4 Å². The largest absolute Gasteiger partial charge is 0.0836 e. The molecule has 0 aromatic heterocycles. The molecule has 0 saturated heterocycles. The lowest BCUT2D eigenvalue weighted by Gasteiger charge is -2.16. The topological polar surface area (TPSA) is 0 Å². The standard InChI is InChI=1S/C30H19Cl/c31-29-15-7-14-25(23-17-16-20-8-1-2-9-21(20)18-23)30(29)28-19-22-10-3-4-11-24(22)26-12-5-6-13-27(26)28/h1-19H. The maximum Gasteiger partial charge on any atom is 0.0490 e. The third-order valence-electron chi connectivity index (χ3n) is 6.11. The smallest absolute Gasteiger partial charge is 0.0490 e. The molecule has 6 rings (SSSR count). The Morgan fingerprint density at radius 2 is 1.10 bits per heavy atom. The van der Waals surface area contributed by atoms with Gasteiger partial charge in [0.05, 0.1) is 0 Å². The van der Waals surface area contributed by atoms with E-state index in [1.807, 2.05) is 12.1 Å². The maximum atomic E-state index is 6.88. The van der Waals surface area contributed by atoms with Crippen molar-refractivity contribution in [2.75, 3.05) is 0 Å². The fraction of sp³-hybridized carbons (Fsp3) is 0.